The zero-order valence-electron chi connectivity index (χ0n) is 25.1. The van der Waals surface area contributed by atoms with Gasteiger partial charge in [-0.05, 0) is 87.5 Å². The van der Waals surface area contributed by atoms with Crippen LogP contribution in [0.25, 0.3) is 0 Å². The van der Waals surface area contributed by atoms with Crippen LogP contribution >= 0.6 is 7.82 Å². The summed E-state index contributed by atoms with van der Waals surface area (Å²) in [6.07, 6.45) is 8.71. The van der Waals surface area contributed by atoms with E-state index in [0.717, 1.165) is 56.1 Å². The minimum absolute atomic E-state index is 0.0747. The molecule has 2 aromatic carbocycles. The lowest BCUT2D eigenvalue weighted by Gasteiger charge is -2.34. The maximum atomic E-state index is 13.7. The van der Waals surface area contributed by atoms with Crippen LogP contribution in [-0.2, 0) is 31.4 Å². The fourth-order valence-corrected chi connectivity index (χ4v) is 6.77. The summed E-state index contributed by atoms with van der Waals surface area (Å²) in [7, 11) is -4.58. The molecule has 2 aliphatic rings. The van der Waals surface area contributed by atoms with E-state index in [9.17, 15) is 19.4 Å². The van der Waals surface area contributed by atoms with E-state index >= 15 is 0 Å². The highest BCUT2D eigenvalue weighted by Crippen LogP contribution is 2.50. The molecule has 4 atom stereocenters. The van der Waals surface area contributed by atoms with Crippen LogP contribution in [0, 0.1) is 11.8 Å². The summed E-state index contributed by atoms with van der Waals surface area (Å²) < 4.78 is 29.8. The number of phenols is 1. The van der Waals surface area contributed by atoms with E-state index in [1.807, 2.05) is 19.1 Å². The number of benzene rings is 2. The Kier molecular flexibility index (Phi) is 11.2. The van der Waals surface area contributed by atoms with Crippen LogP contribution in [0.15, 0.2) is 66.3 Å². The van der Waals surface area contributed by atoms with Gasteiger partial charge in [0.15, 0.2) is 6.10 Å². The number of hydrogen-bond donors (Lipinski definition) is 2. The number of unbranched alkanes of at least 4 members (excludes halogenated alkanes) is 2. The van der Waals surface area contributed by atoms with E-state index in [2.05, 4.69) is 26.5 Å². The Morgan fingerprint density at radius 1 is 1.12 bits per heavy atom. The molecule has 0 radical (unpaired) electrons. The Hall–Kier alpha value is -2.70. The number of phosphoric acid groups is 1. The van der Waals surface area contributed by atoms with E-state index in [1.54, 1.807) is 30.3 Å². The molecule has 228 valence electrons. The van der Waals surface area contributed by atoms with Gasteiger partial charge in [-0.25, -0.2) is 9.36 Å². The third-order valence-corrected chi connectivity index (χ3v) is 9.42. The molecule has 0 saturated heterocycles. The molecule has 2 aliphatic carbocycles. The highest BCUT2D eigenvalue weighted by atomic mass is 31.2. The molecule has 2 N–H and O–H groups in total. The molecule has 8 heteroatoms. The topological polar surface area (TPSA) is 102 Å². The molecule has 2 aromatic rings. The number of carbonyl (C=O) groups excluding carboxylic acids is 1. The van der Waals surface area contributed by atoms with Crippen LogP contribution < -0.4 is 4.74 Å². The first-order valence-corrected chi connectivity index (χ1v) is 16.7. The fraction of sp³-hybridized carbons (Fsp3) is 0.500. The third-order valence-electron chi connectivity index (χ3n) is 8.47. The minimum atomic E-state index is -4.58. The number of aryl methyl sites for hydroxylation is 1. The molecule has 2 unspecified atom stereocenters. The molecular weight excluding hydrogens is 551 g/mol. The van der Waals surface area contributed by atoms with Crippen molar-refractivity contribution < 1.29 is 33.1 Å². The molecule has 1 fully saturated rings. The average Bonchev–Trinajstić information content (AvgIpc) is 2.91. The summed E-state index contributed by atoms with van der Waals surface area (Å²) in [5, 5.41) is 11.4. The normalized spacial score (nSPS) is 21.1. The van der Waals surface area contributed by atoms with Gasteiger partial charge in [-0.15, -0.1) is 0 Å². The fourth-order valence-electron chi connectivity index (χ4n) is 5.85. The molecule has 0 aromatic heterocycles. The number of phosphoric ester groups is 1. The Bertz CT molecular complexity index is 1310. The SMILES string of the molecule is C=C(C)[C@@H]1CCC(C)=C[C@H]1c1c(O)cc(CCCCC)cc1OC(=O)C(OP(=O)(O)OCc1ccccc1)C1CCC1. The Morgan fingerprint density at radius 3 is 2.50 bits per heavy atom. The van der Waals surface area contributed by atoms with Gasteiger partial charge < -0.3 is 14.7 Å². The zero-order valence-corrected chi connectivity index (χ0v) is 26.0. The number of aromatic hydroxyl groups is 1. The minimum Gasteiger partial charge on any atom is -0.507 e. The largest absolute Gasteiger partial charge is 0.507 e. The molecule has 0 aliphatic heterocycles. The first kappa shape index (κ1) is 32.2. The van der Waals surface area contributed by atoms with Crippen molar-refractivity contribution in [3.8, 4) is 11.5 Å². The number of phenolic OH excluding ortho intramolecular Hbond substituents is 1. The second-order valence-electron chi connectivity index (χ2n) is 11.9. The van der Waals surface area contributed by atoms with Crippen LogP contribution in [0.5, 0.6) is 11.5 Å². The predicted molar refractivity (Wildman–Crippen MR) is 164 cm³/mol. The third kappa shape index (κ3) is 8.44. The molecule has 0 bridgehead atoms. The molecule has 0 amide bonds. The van der Waals surface area contributed by atoms with Gasteiger partial charge in [0.25, 0.3) is 0 Å². The van der Waals surface area contributed by atoms with Gasteiger partial charge in [-0.1, -0.05) is 80.3 Å². The van der Waals surface area contributed by atoms with E-state index in [4.69, 9.17) is 13.8 Å². The van der Waals surface area contributed by atoms with Crippen molar-refractivity contribution in [2.45, 2.75) is 97.2 Å². The summed E-state index contributed by atoms with van der Waals surface area (Å²) in [4.78, 5) is 24.3. The van der Waals surface area contributed by atoms with Crippen molar-refractivity contribution in [3.05, 3.63) is 83.0 Å². The van der Waals surface area contributed by atoms with E-state index < -0.39 is 19.9 Å². The quantitative estimate of drug-likeness (QED) is 0.0741. The number of esters is 1. The molecule has 0 heterocycles. The van der Waals surface area contributed by atoms with Crippen LogP contribution in [-0.4, -0.2) is 22.1 Å². The molecule has 0 spiro atoms. The summed E-state index contributed by atoms with van der Waals surface area (Å²) in [6.45, 7) is 10.3. The first-order chi connectivity index (χ1) is 20.1. The van der Waals surface area contributed by atoms with Gasteiger partial charge in [0.1, 0.15) is 11.5 Å². The van der Waals surface area contributed by atoms with Crippen molar-refractivity contribution >= 4 is 13.8 Å². The number of carbonyl (C=O) groups is 1. The van der Waals surface area contributed by atoms with Crippen molar-refractivity contribution in [2.75, 3.05) is 0 Å². The van der Waals surface area contributed by atoms with Crippen molar-refractivity contribution in [1.82, 2.24) is 0 Å². The number of hydrogen-bond acceptors (Lipinski definition) is 6. The highest BCUT2D eigenvalue weighted by Gasteiger charge is 2.41. The van der Waals surface area contributed by atoms with E-state index in [0.29, 0.717) is 24.0 Å². The zero-order chi connectivity index (χ0) is 30.3. The predicted octanol–water partition coefficient (Wildman–Crippen LogP) is 8.55. The number of allylic oxidation sites excluding steroid dienone is 3. The van der Waals surface area contributed by atoms with Crippen LogP contribution in [0.2, 0.25) is 0 Å². The summed E-state index contributed by atoms with van der Waals surface area (Å²) in [5.74, 6) is -0.820. The molecule has 7 nitrogen and oxygen atoms in total. The lowest BCUT2D eigenvalue weighted by molar-refractivity contribution is -0.148. The molecule has 1 saturated carbocycles. The Morgan fingerprint density at radius 2 is 1.86 bits per heavy atom. The van der Waals surface area contributed by atoms with E-state index in [-0.39, 0.29) is 35.9 Å². The van der Waals surface area contributed by atoms with Gasteiger partial charge in [0.2, 0.25) is 0 Å². The van der Waals surface area contributed by atoms with Gasteiger partial charge in [-0.3, -0.25) is 9.05 Å². The van der Waals surface area contributed by atoms with Gasteiger partial charge in [-0.2, -0.15) is 0 Å². The molecule has 4 rings (SSSR count). The van der Waals surface area contributed by atoms with Crippen molar-refractivity contribution in [3.63, 3.8) is 0 Å². The summed E-state index contributed by atoms with van der Waals surface area (Å²) in [5.41, 5.74) is 4.32. The van der Waals surface area contributed by atoms with Crippen molar-refractivity contribution in [1.29, 1.82) is 0 Å². The lowest BCUT2D eigenvalue weighted by Crippen LogP contribution is -2.39. The maximum Gasteiger partial charge on any atom is 0.473 e. The van der Waals surface area contributed by atoms with E-state index in [1.165, 1.54) is 5.57 Å². The van der Waals surface area contributed by atoms with Gasteiger partial charge in [0, 0.05) is 11.5 Å². The standard InChI is InChI=1S/C34H45O7P/c1-5-6-8-14-26-20-30(35)32(29-19-24(4)17-18-28(29)23(2)3)31(21-26)40-34(36)33(27-15-11-16-27)41-42(37,38)39-22-25-12-9-7-10-13-25/h7,9-10,12-13,19-21,27-29,33,35H,2,5-6,8,11,14-18,22H2,1,3-4H3,(H,37,38)/t28-,29+,33?/m0/s1. The van der Waals surface area contributed by atoms with Gasteiger partial charge in [0.05, 0.1) is 6.61 Å². The second kappa shape index (κ2) is 14.7. The molecule has 42 heavy (non-hydrogen) atoms. The Labute approximate surface area is 250 Å². The second-order valence-corrected chi connectivity index (χ2v) is 13.3. The highest BCUT2D eigenvalue weighted by molar-refractivity contribution is 7.47. The smallest absolute Gasteiger partial charge is 0.473 e. The monoisotopic (exact) mass is 596 g/mol. The maximum absolute atomic E-state index is 13.7. The first-order valence-electron chi connectivity index (χ1n) is 15.2. The summed E-state index contributed by atoms with van der Waals surface area (Å²) >= 11 is 0. The van der Waals surface area contributed by atoms with Crippen LogP contribution in [0.3, 0.4) is 0 Å². The van der Waals surface area contributed by atoms with Crippen LogP contribution in [0.1, 0.15) is 94.7 Å². The van der Waals surface area contributed by atoms with Gasteiger partial charge >= 0.3 is 13.8 Å². The average molecular weight is 597 g/mol. The summed E-state index contributed by atoms with van der Waals surface area (Å²) in [6, 6.07) is 12.6. The lowest BCUT2D eigenvalue weighted by atomic mass is 9.73. The number of rotatable bonds is 14. The van der Waals surface area contributed by atoms with Crippen molar-refractivity contribution in [2.24, 2.45) is 11.8 Å². The van der Waals surface area contributed by atoms with Crippen LogP contribution in [0.4, 0.5) is 0 Å². The molecular formula is C34H45O7P. The Balaban J connectivity index is 1.63. The number of ether oxygens (including phenoxy) is 1.